The second-order valence-electron chi connectivity index (χ2n) is 7.52. The molecule has 2 heterocycles. The molecule has 0 atom stereocenters. The van der Waals surface area contributed by atoms with Gasteiger partial charge in [0, 0.05) is 46.4 Å². The number of carbonyl (C=O) groups excluding carboxylic acids is 1. The Kier molecular flexibility index (Phi) is 5.55. The zero-order chi connectivity index (χ0) is 22.2. The predicted molar refractivity (Wildman–Crippen MR) is 119 cm³/mol. The van der Waals surface area contributed by atoms with Gasteiger partial charge < -0.3 is 4.90 Å². The molecule has 8 nitrogen and oxygen atoms in total. The molecule has 162 valence electrons. The van der Waals surface area contributed by atoms with Crippen molar-refractivity contribution in [3.05, 3.63) is 70.7 Å². The number of carbonyl (C=O) groups is 1. The van der Waals surface area contributed by atoms with Crippen molar-refractivity contribution in [2.75, 3.05) is 26.2 Å². The van der Waals surface area contributed by atoms with E-state index in [4.69, 9.17) is 0 Å². The lowest BCUT2D eigenvalue weighted by Crippen LogP contribution is -2.50. The van der Waals surface area contributed by atoms with Gasteiger partial charge in [-0.15, -0.1) is 0 Å². The first kappa shape index (κ1) is 21.1. The fourth-order valence-electron chi connectivity index (χ4n) is 3.78. The molecule has 0 saturated carbocycles. The van der Waals surface area contributed by atoms with E-state index < -0.39 is 10.0 Å². The molecule has 2 aromatic carbocycles. The normalized spacial score (nSPS) is 15.7. The highest BCUT2D eigenvalue weighted by molar-refractivity contribution is 7.89. The molecule has 4 rings (SSSR count). The Hall–Kier alpha value is -3.17. The van der Waals surface area contributed by atoms with Gasteiger partial charge in [0.25, 0.3) is 0 Å². The maximum absolute atomic E-state index is 13.1. The molecule has 0 N–H and O–H groups in total. The fraction of sp³-hybridized carbons (Fsp3) is 0.273. The number of imidazole rings is 1. The zero-order valence-corrected chi connectivity index (χ0v) is 18.2. The van der Waals surface area contributed by atoms with Crippen LogP contribution in [-0.2, 0) is 28.9 Å². The Morgan fingerprint density at radius 3 is 2.23 bits per heavy atom. The Morgan fingerprint density at radius 1 is 0.903 bits per heavy atom. The Labute approximate surface area is 180 Å². The monoisotopic (exact) mass is 440 g/mol. The number of fused-ring (bicyclic) bond motifs is 1. The van der Waals surface area contributed by atoms with Crippen LogP contribution in [0.2, 0.25) is 0 Å². The van der Waals surface area contributed by atoms with Gasteiger partial charge in [-0.2, -0.15) is 4.31 Å². The predicted octanol–water partition coefficient (Wildman–Crippen LogP) is 1.42. The third-order valence-corrected chi connectivity index (χ3v) is 7.54. The van der Waals surface area contributed by atoms with Crippen molar-refractivity contribution in [3.63, 3.8) is 0 Å². The SMILES string of the molecule is Cn1c(=O)n(C)c2cc(S(=O)(=O)N3CCN(C(=O)/C=C/c4ccccc4)CC3)ccc21. The first-order valence-corrected chi connectivity index (χ1v) is 11.4. The summed E-state index contributed by atoms with van der Waals surface area (Å²) in [4.78, 5) is 26.4. The fourth-order valence-corrected chi connectivity index (χ4v) is 5.22. The quantitative estimate of drug-likeness (QED) is 0.575. The van der Waals surface area contributed by atoms with E-state index in [2.05, 4.69) is 0 Å². The molecule has 1 amide bonds. The number of amides is 1. The summed E-state index contributed by atoms with van der Waals surface area (Å²) in [5, 5.41) is 0. The van der Waals surface area contributed by atoms with Crippen molar-refractivity contribution in [2.45, 2.75) is 4.90 Å². The highest BCUT2D eigenvalue weighted by Crippen LogP contribution is 2.22. The minimum Gasteiger partial charge on any atom is -0.337 e. The van der Waals surface area contributed by atoms with E-state index in [1.54, 1.807) is 31.1 Å². The van der Waals surface area contributed by atoms with Gasteiger partial charge in [-0.25, -0.2) is 13.2 Å². The molecule has 1 aliphatic rings. The van der Waals surface area contributed by atoms with Crippen LogP contribution < -0.4 is 5.69 Å². The minimum atomic E-state index is -3.73. The molecule has 0 bridgehead atoms. The number of aryl methyl sites for hydroxylation is 2. The van der Waals surface area contributed by atoms with Crippen LogP contribution >= 0.6 is 0 Å². The van der Waals surface area contributed by atoms with Crippen molar-refractivity contribution in [3.8, 4) is 0 Å². The van der Waals surface area contributed by atoms with Crippen molar-refractivity contribution >= 4 is 33.0 Å². The molecule has 3 aromatic rings. The molecule has 0 unspecified atom stereocenters. The lowest BCUT2D eigenvalue weighted by Gasteiger charge is -2.33. The summed E-state index contributed by atoms with van der Waals surface area (Å²) in [7, 11) is -0.452. The molecule has 1 saturated heterocycles. The highest BCUT2D eigenvalue weighted by atomic mass is 32.2. The highest BCUT2D eigenvalue weighted by Gasteiger charge is 2.30. The summed E-state index contributed by atoms with van der Waals surface area (Å²) < 4.78 is 30.6. The number of hydrogen-bond donors (Lipinski definition) is 0. The van der Waals surface area contributed by atoms with Crippen LogP contribution in [-0.4, -0.2) is 58.8 Å². The van der Waals surface area contributed by atoms with Crippen molar-refractivity contribution in [1.82, 2.24) is 18.3 Å². The van der Waals surface area contributed by atoms with Gasteiger partial charge in [-0.05, 0) is 29.8 Å². The smallest absolute Gasteiger partial charge is 0.328 e. The van der Waals surface area contributed by atoms with Gasteiger partial charge in [0.15, 0.2) is 0 Å². The third-order valence-electron chi connectivity index (χ3n) is 5.65. The van der Waals surface area contributed by atoms with Gasteiger partial charge in [-0.3, -0.25) is 13.9 Å². The van der Waals surface area contributed by atoms with Crippen LogP contribution in [0.3, 0.4) is 0 Å². The number of nitrogens with zero attached hydrogens (tertiary/aromatic N) is 4. The number of sulfonamides is 1. The molecule has 0 radical (unpaired) electrons. The van der Waals surface area contributed by atoms with Crippen LogP contribution in [0.5, 0.6) is 0 Å². The average molecular weight is 441 g/mol. The largest absolute Gasteiger partial charge is 0.337 e. The molecule has 1 aromatic heterocycles. The lowest BCUT2D eigenvalue weighted by molar-refractivity contribution is -0.127. The second-order valence-corrected chi connectivity index (χ2v) is 9.46. The van der Waals surface area contributed by atoms with Crippen LogP contribution in [0.4, 0.5) is 0 Å². The van der Waals surface area contributed by atoms with Gasteiger partial charge in [0.2, 0.25) is 15.9 Å². The first-order chi connectivity index (χ1) is 14.8. The van der Waals surface area contributed by atoms with E-state index >= 15 is 0 Å². The average Bonchev–Trinajstić information content (AvgIpc) is 3.02. The van der Waals surface area contributed by atoms with E-state index in [-0.39, 0.29) is 29.6 Å². The maximum Gasteiger partial charge on any atom is 0.328 e. The topological polar surface area (TPSA) is 84.6 Å². The summed E-state index contributed by atoms with van der Waals surface area (Å²) in [6.45, 7) is 1.09. The summed E-state index contributed by atoms with van der Waals surface area (Å²) in [6.07, 6.45) is 3.27. The van der Waals surface area contributed by atoms with Crippen molar-refractivity contribution in [2.24, 2.45) is 14.1 Å². The van der Waals surface area contributed by atoms with E-state index in [1.165, 1.54) is 31.6 Å². The van der Waals surface area contributed by atoms with Gasteiger partial charge >= 0.3 is 5.69 Å². The van der Waals surface area contributed by atoms with Crippen LogP contribution in [0.1, 0.15) is 5.56 Å². The Balaban J connectivity index is 1.47. The molecule has 1 aliphatic heterocycles. The van der Waals surface area contributed by atoms with Crippen molar-refractivity contribution < 1.29 is 13.2 Å². The third kappa shape index (κ3) is 3.94. The van der Waals surface area contributed by atoms with Gasteiger partial charge in [-0.1, -0.05) is 30.3 Å². The van der Waals surface area contributed by atoms with Crippen molar-refractivity contribution in [1.29, 1.82) is 0 Å². The first-order valence-electron chi connectivity index (χ1n) is 9.97. The second kappa shape index (κ2) is 8.16. The Morgan fingerprint density at radius 2 is 1.55 bits per heavy atom. The van der Waals surface area contributed by atoms with Crippen LogP contribution in [0, 0.1) is 0 Å². The molecule has 1 fully saturated rings. The Bertz CT molecular complexity index is 1310. The molecule has 0 spiro atoms. The van der Waals surface area contributed by atoms with E-state index in [1.807, 2.05) is 30.3 Å². The van der Waals surface area contributed by atoms with E-state index in [9.17, 15) is 18.0 Å². The van der Waals surface area contributed by atoms with Crippen LogP contribution in [0.25, 0.3) is 17.1 Å². The summed E-state index contributed by atoms with van der Waals surface area (Å²) >= 11 is 0. The van der Waals surface area contributed by atoms with Gasteiger partial charge in [0.1, 0.15) is 0 Å². The number of aromatic nitrogens is 2. The van der Waals surface area contributed by atoms with Gasteiger partial charge in [0.05, 0.1) is 15.9 Å². The summed E-state index contributed by atoms with van der Waals surface area (Å²) in [5.41, 5.74) is 1.96. The van der Waals surface area contributed by atoms with E-state index in [0.717, 1.165) is 5.56 Å². The molecular weight excluding hydrogens is 416 g/mol. The number of benzene rings is 2. The lowest BCUT2D eigenvalue weighted by atomic mass is 10.2. The molecule has 0 aliphatic carbocycles. The number of rotatable bonds is 4. The number of piperazine rings is 1. The minimum absolute atomic E-state index is 0.137. The number of hydrogen-bond acceptors (Lipinski definition) is 4. The zero-order valence-electron chi connectivity index (χ0n) is 17.4. The summed E-state index contributed by atoms with van der Waals surface area (Å²) in [5.74, 6) is -0.137. The molecule has 9 heteroatoms. The maximum atomic E-state index is 13.1. The molecule has 31 heavy (non-hydrogen) atoms. The van der Waals surface area contributed by atoms with E-state index in [0.29, 0.717) is 24.1 Å². The molecular formula is C22H24N4O4S. The summed E-state index contributed by atoms with van der Waals surface area (Å²) in [6, 6.07) is 14.2. The van der Waals surface area contributed by atoms with Crippen LogP contribution in [0.15, 0.2) is 64.3 Å². The standard InChI is InChI=1S/C22H24N4O4S/c1-23-19-10-9-18(16-20(19)24(2)22(23)28)31(29,30)26-14-12-25(13-15-26)21(27)11-8-17-6-4-3-5-7-17/h3-11,16H,12-15H2,1-2H3/b11-8+.